The fourth-order valence-electron chi connectivity index (χ4n) is 0.991. The van der Waals surface area contributed by atoms with Crippen LogP contribution in [0.4, 0.5) is 0 Å². The maximum absolute atomic E-state index is 5.76. The van der Waals surface area contributed by atoms with E-state index in [1.165, 1.54) is 6.20 Å². The van der Waals surface area contributed by atoms with Crippen LogP contribution in [0, 0.1) is 0 Å². The summed E-state index contributed by atoms with van der Waals surface area (Å²) in [5.41, 5.74) is 8.24. The van der Waals surface area contributed by atoms with E-state index in [-0.39, 0.29) is 0 Å². The van der Waals surface area contributed by atoms with Crippen LogP contribution in [0.15, 0.2) is 34.5 Å². The molecule has 3 N–H and O–H groups in total. The summed E-state index contributed by atoms with van der Waals surface area (Å²) in [6.07, 6.45) is 1.53. The van der Waals surface area contributed by atoms with Crippen LogP contribution in [0.1, 0.15) is 20.8 Å². The van der Waals surface area contributed by atoms with Crippen LogP contribution in [-0.2, 0) is 0 Å². The van der Waals surface area contributed by atoms with E-state index in [1.54, 1.807) is 0 Å². The van der Waals surface area contributed by atoms with Crippen LogP contribution in [0.5, 0.6) is 0 Å². The number of hydrogen-bond acceptors (Lipinski definition) is 3. The molecule has 0 aromatic rings. The zero-order valence-corrected chi connectivity index (χ0v) is 10.4. The predicted molar refractivity (Wildman–Crippen MR) is 70.2 cm³/mol. The molecule has 0 atom stereocenters. The van der Waals surface area contributed by atoms with Crippen molar-refractivity contribution < 1.29 is 0 Å². The lowest BCUT2D eigenvalue weighted by molar-refractivity contribution is 1.21. The first-order valence-corrected chi connectivity index (χ1v) is 5.02. The second kappa shape index (κ2) is 5.88. The number of thiol groups is 1. The smallest absolute Gasteiger partial charge is 0.112 e. The van der Waals surface area contributed by atoms with Gasteiger partial charge in [0, 0.05) is 11.3 Å². The lowest BCUT2D eigenvalue weighted by Crippen LogP contribution is -2.20. The van der Waals surface area contributed by atoms with E-state index in [4.69, 9.17) is 18.0 Å². The molecule has 14 heavy (non-hydrogen) atoms. The molecular formula is C10H16N2S2. The van der Waals surface area contributed by atoms with Gasteiger partial charge in [0.25, 0.3) is 0 Å². The van der Waals surface area contributed by atoms with Crippen molar-refractivity contribution in [2.75, 3.05) is 0 Å². The third kappa shape index (κ3) is 3.55. The van der Waals surface area contributed by atoms with Crippen LogP contribution in [0.2, 0.25) is 0 Å². The summed E-state index contributed by atoms with van der Waals surface area (Å²) in [4.78, 5) is 1.48. The van der Waals surface area contributed by atoms with Gasteiger partial charge in [0.05, 0.1) is 0 Å². The average Bonchev–Trinajstić information content (AvgIpc) is 2.03. The lowest BCUT2D eigenvalue weighted by atomic mass is 10.1. The summed E-state index contributed by atoms with van der Waals surface area (Å²) < 4.78 is 0. The van der Waals surface area contributed by atoms with Gasteiger partial charge in [-0.2, -0.15) is 0 Å². The van der Waals surface area contributed by atoms with E-state index >= 15 is 0 Å². The van der Waals surface area contributed by atoms with Crippen molar-refractivity contribution in [2.24, 2.45) is 5.73 Å². The summed E-state index contributed by atoms with van der Waals surface area (Å²) in [6.45, 7) is 9.20. The number of nitrogens with two attached hydrogens (primary N) is 1. The quantitative estimate of drug-likeness (QED) is 0.301. The molecule has 4 heteroatoms. The van der Waals surface area contributed by atoms with E-state index in [0.29, 0.717) is 10.7 Å². The molecule has 0 spiro atoms. The van der Waals surface area contributed by atoms with Crippen molar-refractivity contribution in [2.45, 2.75) is 20.8 Å². The molecule has 0 aliphatic heterocycles. The Hall–Kier alpha value is -0.740. The van der Waals surface area contributed by atoms with Gasteiger partial charge in [-0.3, -0.25) is 0 Å². The average molecular weight is 228 g/mol. The number of rotatable bonds is 3. The summed E-state index contributed by atoms with van der Waals surface area (Å²) in [5.74, 6) is 0. The Morgan fingerprint density at radius 3 is 2.21 bits per heavy atom. The van der Waals surface area contributed by atoms with Crippen molar-refractivity contribution in [3.05, 3.63) is 34.5 Å². The van der Waals surface area contributed by atoms with Gasteiger partial charge in [-0.15, -0.1) is 12.6 Å². The lowest BCUT2D eigenvalue weighted by Gasteiger charge is -2.12. The number of nitrogens with one attached hydrogen (secondary N) is 1. The minimum absolute atomic E-state index is 0.575. The Morgan fingerprint density at radius 2 is 1.93 bits per heavy atom. The van der Waals surface area contributed by atoms with E-state index in [0.717, 1.165) is 16.1 Å². The van der Waals surface area contributed by atoms with Gasteiger partial charge in [-0.05, 0) is 37.4 Å². The molecule has 0 amide bonds. The maximum Gasteiger partial charge on any atom is 0.112 e. The standard InChI is InChI=1S/C10H16N2S2/c1-5-12-10(14)9(7(3)11)6(2)8(4)13/h5,13H,1,11H2,2-4H3,(H,12,14)/b8-6-,9-7-. The Bertz CT molecular complexity index is 306. The van der Waals surface area contributed by atoms with Gasteiger partial charge in [0.1, 0.15) is 4.99 Å². The molecule has 0 heterocycles. The molecule has 0 aromatic heterocycles. The Kier molecular flexibility index (Phi) is 5.57. The van der Waals surface area contributed by atoms with E-state index in [9.17, 15) is 0 Å². The Labute approximate surface area is 96.4 Å². The van der Waals surface area contributed by atoms with Gasteiger partial charge in [0.2, 0.25) is 0 Å². The number of thiocarbonyl (C=S) groups is 1. The van der Waals surface area contributed by atoms with Gasteiger partial charge in [-0.1, -0.05) is 18.8 Å². The Balaban J connectivity index is 5.21. The fourth-order valence-corrected chi connectivity index (χ4v) is 1.50. The highest BCUT2D eigenvalue weighted by molar-refractivity contribution is 7.84. The minimum Gasteiger partial charge on any atom is -0.402 e. The van der Waals surface area contributed by atoms with E-state index < -0.39 is 0 Å². The van der Waals surface area contributed by atoms with Crippen molar-refractivity contribution in [1.82, 2.24) is 5.32 Å². The highest BCUT2D eigenvalue weighted by atomic mass is 32.1. The summed E-state index contributed by atoms with van der Waals surface area (Å²) in [5, 5.41) is 2.85. The third-order valence-electron chi connectivity index (χ3n) is 1.77. The summed E-state index contributed by atoms with van der Waals surface area (Å²) >= 11 is 9.42. The molecule has 0 saturated carbocycles. The molecule has 78 valence electrons. The first-order valence-electron chi connectivity index (χ1n) is 4.16. The monoisotopic (exact) mass is 228 g/mol. The van der Waals surface area contributed by atoms with Crippen molar-refractivity contribution in [3.8, 4) is 0 Å². The van der Waals surface area contributed by atoms with Gasteiger partial charge < -0.3 is 11.1 Å². The van der Waals surface area contributed by atoms with E-state index in [2.05, 4.69) is 24.5 Å². The zero-order chi connectivity index (χ0) is 11.3. The summed E-state index contributed by atoms with van der Waals surface area (Å²) in [6, 6.07) is 0. The molecule has 0 fully saturated rings. The third-order valence-corrected chi connectivity index (χ3v) is 2.43. The Morgan fingerprint density at radius 1 is 1.43 bits per heavy atom. The van der Waals surface area contributed by atoms with Crippen molar-refractivity contribution in [1.29, 1.82) is 0 Å². The number of hydrogen-bond donors (Lipinski definition) is 3. The van der Waals surface area contributed by atoms with Gasteiger partial charge in [-0.25, -0.2) is 0 Å². The van der Waals surface area contributed by atoms with E-state index in [1.807, 2.05) is 20.8 Å². The maximum atomic E-state index is 5.76. The van der Waals surface area contributed by atoms with Crippen LogP contribution in [-0.4, -0.2) is 4.99 Å². The molecule has 0 bridgehead atoms. The first kappa shape index (κ1) is 13.3. The van der Waals surface area contributed by atoms with Crippen LogP contribution >= 0.6 is 24.8 Å². The second-order valence-electron chi connectivity index (χ2n) is 2.95. The zero-order valence-electron chi connectivity index (χ0n) is 8.72. The molecule has 0 saturated heterocycles. The predicted octanol–water partition coefficient (Wildman–Crippen LogP) is 2.50. The second-order valence-corrected chi connectivity index (χ2v) is 4.03. The topological polar surface area (TPSA) is 38.0 Å². The molecule has 0 aromatic carbocycles. The molecular weight excluding hydrogens is 212 g/mol. The normalized spacial score (nSPS) is 14.0. The molecule has 0 rings (SSSR count). The molecule has 0 aliphatic rings. The largest absolute Gasteiger partial charge is 0.402 e. The van der Waals surface area contributed by atoms with Crippen LogP contribution in [0.3, 0.4) is 0 Å². The van der Waals surface area contributed by atoms with Gasteiger partial charge >= 0.3 is 0 Å². The van der Waals surface area contributed by atoms with Crippen LogP contribution < -0.4 is 11.1 Å². The van der Waals surface area contributed by atoms with Gasteiger partial charge in [0.15, 0.2) is 0 Å². The molecule has 2 nitrogen and oxygen atoms in total. The molecule has 0 radical (unpaired) electrons. The number of allylic oxidation sites excluding steroid dienone is 2. The minimum atomic E-state index is 0.575. The highest BCUT2D eigenvalue weighted by Gasteiger charge is 2.09. The summed E-state index contributed by atoms with van der Waals surface area (Å²) in [7, 11) is 0. The SMILES string of the molecule is C=CNC(=S)C(=C(/C)N)/C(C)=C(/C)S. The first-order chi connectivity index (χ1) is 6.41. The molecule has 0 aliphatic carbocycles. The fraction of sp³-hybridized carbons (Fsp3) is 0.300. The molecule has 0 unspecified atom stereocenters. The highest BCUT2D eigenvalue weighted by Crippen LogP contribution is 2.19. The van der Waals surface area contributed by atoms with Crippen molar-refractivity contribution >= 4 is 29.8 Å². The van der Waals surface area contributed by atoms with Crippen molar-refractivity contribution in [3.63, 3.8) is 0 Å². The van der Waals surface area contributed by atoms with Crippen LogP contribution in [0.25, 0.3) is 0 Å².